The van der Waals surface area contributed by atoms with Crippen molar-refractivity contribution >= 4 is 38.9 Å². The van der Waals surface area contributed by atoms with Crippen LogP contribution in [0.2, 0.25) is 5.02 Å². The normalized spacial score (nSPS) is 11.1. The van der Waals surface area contributed by atoms with Gasteiger partial charge in [0.25, 0.3) is 15.9 Å². The summed E-state index contributed by atoms with van der Waals surface area (Å²) in [6.07, 6.45) is 3.34. The lowest BCUT2D eigenvalue weighted by Crippen LogP contribution is -2.17. The number of hydrogen-bond acceptors (Lipinski definition) is 5. The predicted molar refractivity (Wildman–Crippen MR) is 132 cm³/mol. The van der Waals surface area contributed by atoms with Gasteiger partial charge < -0.3 is 10.1 Å². The number of ether oxygens (including phenoxy) is 1. The number of carbonyl (C=O) groups excluding carboxylic acids is 1. The van der Waals surface area contributed by atoms with E-state index in [0.717, 1.165) is 5.56 Å². The average molecular weight is 497 g/mol. The molecule has 8 nitrogen and oxygen atoms in total. The molecule has 3 aromatic carbocycles. The summed E-state index contributed by atoms with van der Waals surface area (Å²) in [5, 5.41) is 7.40. The van der Waals surface area contributed by atoms with Crippen LogP contribution in [0.25, 0.3) is 5.69 Å². The molecule has 34 heavy (non-hydrogen) atoms. The van der Waals surface area contributed by atoms with Crippen LogP contribution in [0.5, 0.6) is 5.75 Å². The lowest BCUT2D eigenvalue weighted by Gasteiger charge is -2.15. The molecule has 0 aliphatic rings. The number of anilines is 2. The number of nitrogens with zero attached hydrogens (tertiary/aromatic N) is 2. The van der Waals surface area contributed by atoms with Crippen molar-refractivity contribution in [3.05, 3.63) is 95.3 Å². The van der Waals surface area contributed by atoms with Crippen LogP contribution in [0.3, 0.4) is 0 Å². The molecule has 0 saturated heterocycles. The maximum atomic E-state index is 13.1. The number of benzene rings is 3. The first kappa shape index (κ1) is 23.3. The Kier molecular flexibility index (Phi) is 6.58. The van der Waals surface area contributed by atoms with Gasteiger partial charge in [0, 0.05) is 28.7 Å². The van der Waals surface area contributed by atoms with E-state index in [2.05, 4.69) is 15.1 Å². The zero-order valence-corrected chi connectivity index (χ0v) is 19.9. The van der Waals surface area contributed by atoms with Crippen molar-refractivity contribution in [3.63, 3.8) is 0 Å². The summed E-state index contributed by atoms with van der Waals surface area (Å²) in [5.74, 6) is -0.416. The Bertz CT molecular complexity index is 1440. The highest BCUT2D eigenvalue weighted by Crippen LogP contribution is 2.29. The van der Waals surface area contributed by atoms with Gasteiger partial charge in [-0.2, -0.15) is 5.10 Å². The van der Waals surface area contributed by atoms with Gasteiger partial charge in [0.05, 0.1) is 18.5 Å². The highest BCUT2D eigenvalue weighted by atomic mass is 35.5. The number of aromatic nitrogens is 2. The van der Waals surface area contributed by atoms with Crippen molar-refractivity contribution in [3.8, 4) is 11.4 Å². The molecule has 1 aromatic heterocycles. The van der Waals surface area contributed by atoms with Crippen molar-refractivity contribution in [1.82, 2.24) is 9.78 Å². The molecule has 0 fully saturated rings. The number of aryl methyl sites for hydroxylation is 1. The number of carbonyl (C=O) groups is 1. The zero-order valence-electron chi connectivity index (χ0n) is 18.3. The van der Waals surface area contributed by atoms with Crippen LogP contribution >= 0.6 is 11.6 Å². The molecule has 0 spiro atoms. The third-order valence-electron chi connectivity index (χ3n) is 4.98. The van der Waals surface area contributed by atoms with E-state index in [0.29, 0.717) is 22.1 Å². The van der Waals surface area contributed by atoms with Crippen LogP contribution in [-0.4, -0.2) is 31.2 Å². The van der Waals surface area contributed by atoms with Gasteiger partial charge in [-0.3, -0.25) is 9.52 Å². The summed E-state index contributed by atoms with van der Waals surface area (Å²) in [6.45, 7) is 1.90. The van der Waals surface area contributed by atoms with E-state index in [9.17, 15) is 13.2 Å². The van der Waals surface area contributed by atoms with Gasteiger partial charge in [0.2, 0.25) is 0 Å². The largest absolute Gasteiger partial charge is 0.495 e. The average Bonchev–Trinajstić information content (AvgIpc) is 3.35. The van der Waals surface area contributed by atoms with E-state index in [1.54, 1.807) is 65.6 Å². The monoisotopic (exact) mass is 496 g/mol. The molecule has 4 aromatic rings. The molecular weight excluding hydrogens is 476 g/mol. The number of sulfonamides is 1. The van der Waals surface area contributed by atoms with Crippen LogP contribution in [0, 0.1) is 6.92 Å². The van der Waals surface area contributed by atoms with Gasteiger partial charge in [0.1, 0.15) is 10.6 Å². The highest BCUT2D eigenvalue weighted by molar-refractivity contribution is 7.92. The van der Waals surface area contributed by atoms with E-state index in [4.69, 9.17) is 16.3 Å². The lowest BCUT2D eigenvalue weighted by atomic mass is 10.2. The molecule has 0 aliphatic carbocycles. The smallest absolute Gasteiger partial charge is 0.265 e. The van der Waals surface area contributed by atoms with Crippen molar-refractivity contribution in [1.29, 1.82) is 0 Å². The number of nitrogens with one attached hydrogen (secondary N) is 2. The number of methoxy groups -OCH3 is 1. The first-order valence-electron chi connectivity index (χ1n) is 10.2. The van der Waals surface area contributed by atoms with Crippen molar-refractivity contribution in [2.24, 2.45) is 0 Å². The summed E-state index contributed by atoms with van der Waals surface area (Å²) in [6, 6.07) is 17.8. The van der Waals surface area contributed by atoms with Gasteiger partial charge in [0.15, 0.2) is 0 Å². The van der Waals surface area contributed by atoms with E-state index < -0.39 is 15.9 Å². The molecule has 174 valence electrons. The first-order valence-corrected chi connectivity index (χ1v) is 12.0. The van der Waals surface area contributed by atoms with Crippen LogP contribution in [0.1, 0.15) is 15.9 Å². The molecule has 1 heterocycles. The Morgan fingerprint density at radius 1 is 1.06 bits per heavy atom. The zero-order chi connectivity index (χ0) is 24.3. The van der Waals surface area contributed by atoms with Crippen LogP contribution in [0.4, 0.5) is 11.4 Å². The van der Waals surface area contributed by atoms with Gasteiger partial charge >= 0.3 is 0 Å². The Morgan fingerprint density at radius 2 is 1.82 bits per heavy atom. The minimum absolute atomic E-state index is 0.108. The number of halogens is 1. The molecular formula is C24H21ClN4O4S. The predicted octanol–water partition coefficient (Wildman–Crippen LogP) is 4.90. The standard InChI is InChI=1S/C24H21ClN4O4S/c1-16-4-8-19(9-5-16)28-34(31,32)23-14-17(6-11-22(23)33-2)24(30)27-20-15-18(25)7-10-21(20)29-13-3-12-26-29/h3-15,28H,1-2H3,(H,27,30). The highest BCUT2D eigenvalue weighted by Gasteiger charge is 2.22. The maximum Gasteiger partial charge on any atom is 0.265 e. The Balaban J connectivity index is 1.66. The summed E-state index contributed by atoms with van der Waals surface area (Å²) in [7, 11) is -2.67. The van der Waals surface area contributed by atoms with Crippen molar-refractivity contribution in [2.45, 2.75) is 11.8 Å². The van der Waals surface area contributed by atoms with Crippen LogP contribution in [-0.2, 0) is 10.0 Å². The number of hydrogen-bond donors (Lipinski definition) is 2. The third kappa shape index (κ3) is 5.05. The molecule has 0 aliphatic heterocycles. The van der Waals surface area contributed by atoms with Crippen molar-refractivity contribution in [2.75, 3.05) is 17.1 Å². The SMILES string of the molecule is COc1ccc(C(=O)Nc2cc(Cl)ccc2-n2cccn2)cc1S(=O)(=O)Nc1ccc(C)cc1. The van der Waals surface area contributed by atoms with Gasteiger partial charge in [-0.15, -0.1) is 0 Å². The molecule has 0 unspecified atom stereocenters. The summed E-state index contributed by atoms with van der Waals surface area (Å²) in [5.41, 5.74) is 2.53. The number of rotatable bonds is 7. The van der Waals surface area contributed by atoms with E-state index >= 15 is 0 Å². The van der Waals surface area contributed by atoms with Crippen LogP contribution in [0.15, 0.2) is 84.0 Å². The van der Waals surface area contributed by atoms with Gasteiger partial charge in [-0.05, 0) is 61.5 Å². The molecule has 0 atom stereocenters. The third-order valence-corrected chi connectivity index (χ3v) is 6.61. The fraction of sp³-hybridized carbons (Fsp3) is 0.0833. The second kappa shape index (κ2) is 9.58. The van der Waals surface area contributed by atoms with Gasteiger partial charge in [-0.25, -0.2) is 13.1 Å². The molecule has 10 heteroatoms. The van der Waals surface area contributed by atoms with E-state index in [-0.39, 0.29) is 16.2 Å². The fourth-order valence-corrected chi connectivity index (χ4v) is 4.70. The van der Waals surface area contributed by atoms with E-state index in [1.807, 2.05) is 6.92 Å². The maximum absolute atomic E-state index is 13.1. The molecule has 0 saturated carbocycles. The molecule has 0 radical (unpaired) electrons. The minimum Gasteiger partial charge on any atom is -0.495 e. The summed E-state index contributed by atoms with van der Waals surface area (Å²) < 4.78 is 35.6. The fourth-order valence-electron chi connectivity index (χ4n) is 3.27. The Hall–Kier alpha value is -3.82. The van der Waals surface area contributed by atoms with Crippen LogP contribution < -0.4 is 14.8 Å². The second-order valence-electron chi connectivity index (χ2n) is 7.40. The van der Waals surface area contributed by atoms with E-state index in [1.165, 1.54) is 25.3 Å². The topological polar surface area (TPSA) is 102 Å². The summed E-state index contributed by atoms with van der Waals surface area (Å²) >= 11 is 6.13. The molecule has 4 rings (SSSR count). The molecule has 2 N–H and O–H groups in total. The quantitative estimate of drug-likeness (QED) is 0.379. The Labute approximate surface area is 202 Å². The summed E-state index contributed by atoms with van der Waals surface area (Å²) in [4.78, 5) is 12.9. The minimum atomic E-state index is -4.04. The second-order valence-corrected chi connectivity index (χ2v) is 9.49. The molecule has 1 amide bonds. The first-order chi connectivity index (χ1) is 16.3. The number of amides is 1. The van der Waals surface area contributed by atoms with Crippen molar-refractivity contribution < 1.29 is 17.9 Å². The molecule has 0 bridgehead atoms. The Morgan fingerprint density at radius 3 is 2.50 bits per heavy atom. The van der Waals surface area contributed by atoms with Gasteiger partial charge in [-0.1, -0.05) is 29.3 Å². The lowest BCUT2D eigenvalue weighted by molar-refractivity contribution is 0.102.